The summed E-state index contributed by atoms with van der Waals surface area (Å²) in [5.74, 6) is 0.308. The predicted molar refractivity (Wildman–Crippen MR) is 107 cm³/mol. The quantitative estimate of drug-likeness (QED) is 0.609. The van der Waals surface area contributed by atoms with Crippen molar-refractivity contribution in [3.8, 4) is 17.2 Å². The molecule has 0 bridgehead atoms. The smallest absolute Gasteiger partial charge is 0.137 e. The predicted octanol–water partition coefficient (Wildman–Crippen LogP) is 5.23. The van der Waals surface area contributed by atoms with Crippen LogP contribution in [0.25, 0.3) is 11.1 Å². The van der Waals surface area contributed by atoms with Crippen molar-refractivity contribution in [3.05, 3.63) is 89.2 Å². The summed E-state index contributed by atoms with van der Waals surface area (Å²) in [5.41, 5.74) is 5.93. The van der Waals surface area contributed by atoms with Crippen LogP contribution < -0.4 is 0 Å². The van der Waals surface area contributed by atoms with E-state index >= 15 is 0 Å². The molecule has 0 saturated carbocycles. The monoisotopic (exact) mass is 354 g/mol. The second-order valence-electron chi connectivity index (χ2n) is 6.94. The number of ketones is 1. The Morgan fingerprint density at radius 2 is 1.85 bits per heavy atom. The zero-order valence-electron chi connectivity index (χ0n) is 15.6. The summed E-state index contributed by atoms with van der Waals surface area (Å²) < 4.78 is 0. The first-order chi connectivity index (χ1) is 13.0. The van der Waals surface area contributed by atoms with Crippen LogP contribution in [0.1, 0.15) is 41.6 Å². The van der Waals surface area contributed by atoms with Crippen molar-refractivity contribution in [1.29, 1.82) is 5.26 Å². The Kier molecular flexibility index (Phi) is 5.78. The lowest BCUT2D eigenvalue weighted by Gasteiger charge is -2.11. The average molecular weight is 354 g/mol. The second kappa shape index (κ2) is 8.42. The Morgan fingerprint density at radius 1 is 1.07 bits per heavy atom. The molecule has 0 radical (unpaired) electrons. The van der Waals surface area contributed by atoms with Gasteiger partial charge in [0.15, 0.2) is 0 Å². The van der Waals surface area contributed by atoms with Gasteiger partial charge in [-0.3, -0.25) is 9.78 Å². The number of hydrogen-bond acceptors (Lipinski definition) is 3. The molecule has 2 aromatic carbocycles. The molecule has 3 nitrogen and oxygen atoms in total. The van der Waals surface area contributed by atoms with E-state index in [1.54, 1.807) is 6.07 Å². The summed E-state index contributed by atoms with van der Waals surface area (Å²) in [4.78, 5) is 16.7. The van der Waals surface area contributed by atoms with Crippen LogP contribution >= 0.6 is 0 Å². The summed E-state index contributed by atoms with van der Waals surface area (Å²) in [5, 5.41) is 9.02. The molecule has 3 heteroatoms. The minimum Gasteiger partial charge on any atom is -0.299 e. The SMILES string of the molecule is Cc1cc(-c2ccc(CC(=O)CC(C)c3cccc(C#N)c3)cc2)ccn1. The molecule has 1 aromatic heterocycles. The lowest BCUT2D eigenvalue weighted by molar-refractivity contribution is -0.118. The van der Waals surface area contributed by atoms with Crippen molar-refractivity contribution in [1.82, 2.24) is 4.98 Å². The third-order valence-electron chi connectivity index (χ3n) is 4.70. The Hall–Kier alpha value is -3.25. The summed E-state index contributed by atoms with van der Waals surface area (Å²) >= 11 is 0. The molecular weight excluding hydrogens is 332 g/mol. The van der Waals surface area contributed by atoms with Gasteiger partial charge in [-0.25, -0.2) is 0 Å². The van der Waals surface area contributed by atoms with E-state index in [2.05, 4.69) is 29.3 Å². The lowest BCUT2D eigenvalue weighted by Crippen LogP contribution is -2.07. The molecule has 134 valence electrons. The highest BCUT2D eigenvalue weighted by molar-refractivity contribution is 5.82. The van der Waals surface area contributed by atoms with E-state index < -0.39 is 0 Å². The van der Waals surface area contributed by atoms with E-state index in [1.165, 1.54) is 0 Å². The molecule has 27 heavy (non-hydrogen) atoms. The number of carbonyl (C=O) groups excluding carboxylic acids is 1. The zero-order valence-corrected chi connectivity index (χ0v) is 15.6. The molecular formula is C24H22N2O. The van der Waals surface area contributed by atoms with Crippen molar-refractivity contribution >= 4 is 5.78 Å². The Morgan fingerprint density at radius 3 is 2.56 bits per heavy atom. The maximum Gasteiger partial charge on any atom is 0.137 e. The highest BCUT2D eigenvalue weighted by Gasteiger charge is 2.12. The van der Waals surface area contributed by atoms with Crippen LogP contribution in [0.2, 0.25) is 0 Å². The van der Waals surface area contributed by atoms with E-state index in [0.717, 1.165) is 27.9 Å². The fourth-order valence-electron chi connectivity index (χ4n) is 3.21. The first kappa shape index (κ1) is 18.5. The molecule has 3 aromatic rings. The lowest BCUT2D eigenvalue weighted by atomic mass is 9.92. The summed E-state index contributed by atoms with van der Waals surface area (Å²) in [6.07, 6.45) is 2.71. The van der Waals surface area contributed by atoms with Gasteiger partial charge < -0.3 is 0 Å². The van der Waals surface area contributed by atoms with Gasteiger partial charge in [0.1, 0.15) is 5.78 Å². The van der Waals surface area contributed by atoms with Crippen molar-refractivity contribution in [3.63, 3.8) is 0 Å². The molecule has 0 saturated heterocycles. The van der Waals surface area contributed by atoms with Crippen LogP contribution in [-0.4, -0.2) is 10.8 Å². The van der Waals surface area contributed by atoms with Crippen LogP contribution in [0, 0.1) is 18.3 Å². The second-order valence-corrected chi connectivity index (χ2v) is 6.94. The normalized spacial score (nSPS) is 11.6. The van der Waals surface area contributed by atoms with Crippen LogP contribution in [0.15, 0.2) is 66.9 Å². The van der Waals surface area contributed by atoms with Crippen LogP contribution in [0.5, 0.6) is 0 Å². The van der Waals surface area contributed by atoms with Crippen molar-refractivity contribution in [2.24, 2.45) is 0 Å². The van der Waals surface area contributed by atoms with Crippen LogP contribution in [-0.2, 0) is 11.2 Å². The zero-order chi connectivity index (χ0) is 19.2. The number of aryl methyl sites for hydroxylation is 1. The molecule has 0 aliphatic rings. The van der Waals surface area contributed by atoms with Gasteiger partial charge in [0, 0.05) is 24.7 Å². The minimum absolute atomic E-state index is 0.102. The van der Waals surface area contributed by atoms with Gasteiger partial charge in [-0.05, 0) is 59.4 Å². The Bertz CT molecular complexity index is 984. The largest absolute Gasteiger partial charge is 0.299 e. The highest BCUT2D eigenvalue weighted by atomic mass is 16.1. The number of pyridine rings is 1. The number of carbonyl (C=O) groups is 1. The van der Waals surface area contributed by atoms with Gasteiger partial charge in [-0.15, -0.1) is 0 Å². The third-order valence-corrected chi connectivity index (χ3v) is 4.70. The van der Waals surface area contributed by atoms with Gasteiger partial charge in [-0.1, -0.05) is 43.3 Å². The molecule has 1 unspecified atom stereocenters. The van der Waals surface area contributed by atoms with E-state index in [9.17, 15) is 4.79 Å². The summed E-state index contributed by atoms with van der Waals surface area (Å²) in [7, 11) is 0. The molecule has 3 rings (SSSR count). The molecule has 0 amide bonds. The average Bonchev–Trinajstić information content (AvgIpc) is 2.68. The van der Waals surface area contributed by atoms with Gasteiger partial charge in [0.25, 0.3) is 0 Å². The van der Waals surface area contributed by atoms with Crippen molar-refractivity contribution < 1.29 is 4.79 Å². The van der Waals surface area contributed by atoms with E-state index in [4.69, 9.17) is 5.26 Å². The number of nitrogens with zero attached hydrogens (tertiary/aromatic N) is 2. The number of nitriles is 1. The maximum absolute atomic E-state index is 12.5. The molecule has 0 aliphatic carbocycles. The first-order valence-corrected chi connectivity index (χ1v) is 9.09. The number of hydrogen-bond donors (Lipinski definition) is 0. The fraction of sp³-hybridized carbons (Fsp3) is 0.208. The molecule has 0 fully saturated rings. The summed E-state index contributed by atoms with van der Waals surface area (Å²) in [6.45, 7) is 4.01. The first-order valence-electron chi connectivity index (χ1n) is 9.09. The van der Waals surface area contributed by atoms with E-state index in [1.807, 2.05) is 56.4 Å². The molecule has 0 aliphatic heterocycles. The molecule has 1 heterocycles. The van der Waals surface area contributed by atoms with Crippen molar-refractivity contribution in [2.75, 3.05) is 0 Å². The Labute approximate surface area is 160 Å². The van der Waals surface area contributed by atoms with Crippen LogP contribution in [0.4, 0.5) is 0 Å². The third kappa shape index (κ3) is 4.89. The van der Waals surface area contributed by atoms with Gasteiger partial charge in [-0.2, -0.15) is 5.26 Å². The van der Waals surface area contributed by atoms with Gasteiger partial charge in [0.2, 0.25) is 0 Å². The van der Waals surface area contributed by atoms with Gasteiger partial charge in [0.05, 0.1) is 11.6 Å². The fourth-order valence-corrected chi connectivity index (χ4v) is 3.21. The van der Waals surface area contributed by atoms with E-state index in [0.29, 0.717) is 18.4 Å². The molecule has 1 atom stereocenters. The number of rotatable bonds is 6. The highest BCUT2D eigenvalue weighted by Crippen LogP contribution is 2.23. The number of Topliss-reactive ketones (excluding diaryl/α,β-unsaturated/α-hetero) is 1. The van der Waals surface area contributed by atoms with Gasteiger partial charge >= 0.3 is 0 Å². The topological polar surface area (TPSA) is 53.8 Å². The maximum atomic E-state index is 12.5. The Balaban J connectivity index is 1.63. The molecule has 0 spiro atoms. The number of benzene rings is 2. The molecule has 0 N–H and O–H groups in total. The standard InChI is InChI=1S/C24H22N2O/c1-17(22-5-3-4-20(14-22)16-25)12-24(27)15-19-6-8-21(9-7-19)23-10-11-26-18(2)13-23/h3-11,13-14,17H,12,15H2,1-2H3. The van der Waals surface area contributed by atoms with Crippen LogP contribution in [0.3, 0.4) is 0 Å². The number of aromatic nitrogens is 1. The minimum atomic E-state index is 0.102. The van der Waals surface area contributed by atoms with Crippen molar-refractivity contribution in [2.45, 2.75) is 32.6 Å². The summed E-state index contributed by atoms with van der Waals surface area (Å²) in [6, 6.07) is 21.8. The van der Waals surface area contributed by atoms with E-state index in [-0.39, 0.29) is 11.7 Å².